The topological polar surface area (TPSA) is 86.7 Å². The summed E-state index contributed by atoms with van der Waals surface area (Å²) in [6.45, 7) is 23.2. The van der Waals surface area contributed by atoms with E-state index in [-0.39, 0.29) is 21.8 Å². The zero-order chi connectivity index (χ0) is 35.2. The highest BCUT2D eigenvalue weighted by atomic mass is 32.2. The standard InChI is InChI=1S/C42H64N2O4S/c1-28(2)31-14-19-42(43-22-23-44-24-26-49(47,48)27-25-44)21-20-40(6)33(36(31)42)12-13-35-39(5)17-15-32(29-8-10-30(11-9-29)37(45)46)38(3,4)34(39)16-18-41(35,40)7/h8,10,15,31,33-36,43H,1,9,11-14,16-27H2,2-7H3,(H,45,46)/t31-,33+,34-,35+,36+,39-,40+,41+,42-/m0/s1. The molecule has 0 aromatic heterocycles. The third-order valence-corrected chi connectivity index (χ3v) is 18.4. The second-order valence-electron chi connectivity index (χ2n) is 19.0. The molecule has 7 aliphatic rings. The Kier molecular flexibility index (Phi) is 8.88. The van der Waals surface area contributed by atoms with Crippen LogP contribution >= 0.6 is 0 Å². The van der Waals surface area contributed by atoms with Crippen molar-refractivity contribution < 1.29 is 18.3 Å². The van der Waals surface area contributed by atoms with Gasteiger partial charge in [0.25, 0.3) is 0 Å². The number of nitrogens with one attached hydrogen (secondary N) is 1. The molecule has 6 aliphatic carbocycles. The molecule has 0 aromatic carbocycles. The van der Waals surface area contributed by atoms with Gasteiger partial charge in [-0.3, -0.25) is 0 Å². The summed E-state index contributed by atoms with van der Waals surface area (Å²) < 4.78 is 24.0. The molecule has 0 amide bonds. The van der Waals surface area contributed by atoms with E-state index < -0.39 is 15.8 Å². The van der Waals surface area contributed by atoms with E-state index in [0.717, 1.165) is 25.9 Å². The lowest BCUT2D eigenvalue weighted by Gasteiger charge is -2.72. The number of carboxylic acids is 1. The van der Waals surface area contributed by atoms with Gasteiger partial charge in [-0.25, -0.2) is 13.2 Å². The minimum Gasteiger partial charge on any atom is -0.478 e. The fourth-order valence-electron chi connectivity index (χ4n) is 14.1. The van der Waals surface area contributed by atoms with Crippen LogP contribution in [0.25, 0.3) is 0 Å². The van der Waals surface area contributed by atoms with E-state index in [1.807, 2.05) is 6.08 Å². The van der Waals surface area contributed by atoms with Gasteiger partial charge in [0.1, 0.15) is 0 Å². The summed E-state index contributed by atoms with van der Waals surface area (Å²) in [4.78, 5) is 14.0. The molecule has 0 radical (unpaired) electrons. The average Bonchev–Trinajstić information content (AvgIpc) is 3.42. The molecule has 0 bridgehead atoms. The number of carboxylic acid groups (broad SMARTS) is 1. The van der Waals surface area contributed by atoms with Crippen molar-refractivity contribution in [2.75, 3.05) is 37.7 Å². The lowest BCUT2D eigenvalue weighted by molar-refractivity contribution is -0.221. The van der Waals surface area contributed by atoms with Crippen molar-refractivity contribution in [2.24, 2.45) is 51.2 Å². The molecule has 2 N–H and O–H groups in total. The normalized spacial score (nSPS) is 44.3. The minimum atomic E-state index is -2.86. The van der Waals surface area contributed by atoms with E-state index in [1.165, 1.54) is 68.1 Å². The van der Waals surface area contributed by atoms with E-state index in [1.54, 1.807) is 0 Å². The summed E-state index contributed by atoms with van der Waals surface area (Å²) in [5, 5.41) is 13.7. The molecular formula is C42H64N2O4S. The fourth-order valence-corrected chi connectivity index (χ4v) is 15.4. The van der Waals surface area contributed by atoms with Crippen molar-refractivity contribution in [3.05, 3.63) is 47.1 Å². The highest BCUT2D eigenvalue weighted by molar-refractivity contribution is 7.91. The zero-order valence-corrected chi connectivity index (χ0v) is 32.2. The second kappa shape index (κ2) is 12.2. The second-order valence-corrected chi connectivity index (χ2v) is 21.3. The number of fused-ring (bicyclic) bond motifs is 7. The van der Waals surface area contributed by atoms with Crippen molar-refractivity contribution in [1.82, 2.24) is 10.2 Å². The van der Waals surface area contributed by atoms with Gasteiger partial charge in [0, 0.05) is 37.3 Å². The van der Waals surface area contributed by atoms with Gasteiger partial charge in [0.2, 0.25) is 0 Å². The predicted molar refractivity (Wildman–Crippen MR) is 199 cm³/mol. The lowest BCUT2D eigenvalue weighted by Crippen LogP contribution is -2.68. The van der Waals surface area contributed by atoms with Crippen LogP contribution in [0.5, 0.6) is 0 Å². The Morgan fingerprint density at radius 3 is 2.33 bits per heavy atom. The van der Waals surface area contributed by atoms with Crippen LogP contribution in [0.1, 0.15) is 112 Å². The van der Waals surface area contributed by atoms with Crippen molar-refractivity contribution in [3.63, 3.8) is 0 Å². The number of hydrogen-bond donors (Lipinski definition) is 2. The van der Waals surface area contributed by atoms with Crippen LogP contribution in [0.15, 0.2) is 47.1 Å². The minimum absolute atomic E-state index is 0.0627. The van der Waals surface area contributed by atoms with Crippen LogP contribution in [0.2, 0.25) is 0 Å². The molecule has 0 aromatic rings. The van der Waals surface area contributed by atoms with Gasteiger partial charge in [-0.15, -0.1) is 0 Å². The molecule has 1 saturated heterocycles. The highest BCUT2D eigenvalue weighted by Gasteiger charge is 2.70. The summed E-state index contributed by atoms with van der Waals surface area (Å²) >= 11 is 0. The fraction of sp³-hybridized carbons (Fsp3) is 0.786. The third kappa shape index (κ3) is 5.52. The molecule has 1 aliphatic heterocycles. The number of allylic oxidation sites excluding steroid dienone is 6. The van der Waals surface area contributed by atoms with Crippen LogP contribution in [-0.4, -0.2) is 67.6 Å². The average molecular weight is 693 g/mol. The molecule has 4 saturated carbocycles. The number of nitrogens with zero attached hydrogens (tertiary/aromatic N) is 1. The van der Waals surface area contributed by atoms with Crippen LogP contribution in [0.3, 0.4) is 0 Å². The summed E-state index contributed by atoms with van der Waals surface area (Å²) in [5.74, 6) is 3.00. The Labute approximate surface area is 297 Å². The first-order valence-electron chi connectivity index (χ1n) is 19.6. The largest absolute Gasteiger partial charge is 0.478 e. The summed E-state index contributed by atoms with van der Waals surface area (Å²) in [6, 6.07) is 0. The molecule has 1 heterocycles. The molecule has 6 nitrogen and oxygen atoms in total. The number of aliphatic carboxylic acids is 1. The maximum Gasteiger partial charge on any atom is 0.331 e. The molecule has 0 spiro atoms. The van der Waals surface area contributed by atoms with E-state index >= 15 is 0 Å². The van der Waals surface area contributed by atoms with E-state index in [9.17, 15) is 18.3 Å². The van der Waals surface area contributed by atoms with Crippen molar-refractivity contribution >= 4 is 15.8 Å². The van der Waals surface area contributed by atoms with E-state index in [4.69, 9.17) is 0 Å². The first-order chi connectivity index (χ1) is 23.0. The summed E-state index contributed by atoms with van der Waals surface area (Å²) in [5.41, 5.74) is 5.80. The maximum absolute atomic E-state index is 12.0. The van der Waals surface area contributed by atoms with Gasteiger partial charge >= 0.3 is 5.97 Å². The Morgan fingerprint density at radius 2 is 1.67 bits per heavy atom. The number of sulfone groups is 1. The highest BCUT2D eigenvalue weighted by Crippen LogP contribution is 2.76. The first kappa shape index (κ1) is 35.7. The zero-order valence-electron chi connectivity index (χ0n) is 31.4. The Bertz CT molecular complexity index is 1580. The molecule has 49 heavy (non-hydrogen) atoms. The van der Waals surface area contributed by atoms with Crippen LogP contribution < -0.4 is 5.32 Å². The Hall–Kier alpha value is -1.70. The predicted octanol–water partition coefficient (Wildman–Crippen LogP) is 7.98. The molecule has 5 fully saturated rings. The van der Waals surface area contributed by atoms with E-state index in [0.29, 0.717) is 71.6 Å². The van der Waals surface area contributed by atoms with Gasteiger partial charge in [-0.05, 0) is 140 Å². The Morgan fingerprint density at radius 1 is 0.939 bits per heavy atom. The smallest absolute Gasteiger partial charge is 0.331 e. The van der Waals surface area contributed by atoms with Gasteiger partial charge in [0.15, 0.2) is 9.84 Å². The van der Waals surface area contributed by atoms with Gasteiger partial charge < -0.3 is 15.3 Å². The third-order valence-electron chi connectivity index (χ3n) is 16.8. The maximum atomic E-state index is 12.0. The van der Waals surface area contributed by atoms with Crippen LogP contribution in [0.4, 0.5) is 0 Å². The van der Waals surface area contributed by atoms with Crippen molar-refractivity contribution in [2.45, 2.75) is 118 Å². The molecular weight excluding hydrogens is 629 g/mol. The molecule has 0 unspecified atom stereocenters. The molecule has 7 heteroatoms. The van der Waals surface area contributed by atoms with E-state index in [2.05, 4.69) is 70.5 Å². The Balaban J connectivity index is 1.14. The van der Waals surface area contributed by atoms with Crippen LogP contribution in [-0.2, 0) is 14.6 Å². The number of hydrogen-bond acceptors (Lipinski definition) is 5. The van der Waals surface area contributed by atoms with Gasteiger partial charge in [-0.1, -0.05) is 65.0 Å². The SMILES string of the molecule is C=C(C)[C@@H]1CC[C@]2(NCCN3CCS(=O)(=O)CC3)CC[C@]3(C)[C@H](CC[C@@H]4[C@@]5(C)CC=C(C6=CC=C(C(=O)O)CC6)C(C)(C)[C@@H]5CC[C@]43C)[C@@H]12. The number of rotatable bonds is 7. The molecule has 272 valence electrons. The quantitative estimate of drug-likeness (QED) is 0.263. The van der Waals surface area contributed by atoms with Crippen LogP contribution in [0, 0.1) is 51.2 Å². The lowest BCUT2D eigenvalue weighted by atomic mass is 9.33. The first-order valence-corrected chi connectivity index (χ1v) is 21.5. The van der Waals surface area contributed by atoms with Gasteiger partial charge in [-0.2, -0.15) is 0 Å². The molecule has 7 rings (SSSR count). The summed E-state index contributed by atoms with van der Waals surface area (Å²) in [6.07, 6.45) is 19.3. The summed E-state index contributed by atoms with van der Waals surface area (Å²) in [7, 11) is -2.86. The van der Waals surface area contributed by atoms with Crippen molar-refractivity contribution in [3.8, 4) is 0 Å². The van der Waals surface area contributed by atoms with Crippen molar-refractivity contribution in [1.29, 1.82) is 0 Å². The van der Waals surface area contributed by atoms with Gasteiger partial charge in [0.05, 0.1) is 11.5 Å². The molecule has 9 atom stereocenters. The number of carbonyl (C=O) groups is 1. The monoisotopic (exact) mass is 692 g/mol.